The number of methoxy groups -OCH3 is 1. The summed E-state index contributed by atoms with van der Waals surface area (Å²) in [5.74, 6) is -0.199. The molecule has 10 heteroatoms. The van der Waals surface area contributed by atoms with Crippen LogP contribution in [0.1, 0.15) is 30.9 Å². The topological polar surface area (TPSA) is 82.1 Å². The first-order chi connectivity index (χ1) is 16.3. The highest BCUT2D eigenvalue weighted by molar-refractivity contribution is 9.10. The van der Waals surface area contributed by atoms with E-state index in [0.717, 1.165) is 35.1 Å². The number of amides is 2. The van der Waals surface area contributed by atoms with E-state index in [1.54, 1.807) is 30.3 Å². The number of carbonyl (C=O) groups is 3. The Morgan fingerprint density at radius 3 is 2.62 bits per heavy atom. The number of thioether (sulfide) groups is 1. The van der Waals surface area contributed by atoms with Gasteiger partial charge in [0.1, 0.15) is 13.2 Å². The maximum atomic E-state index is 12.7. The summed E-state index contributed by atoms with van der Waals surface area (Å²) >= 11 is 10.2. The van der Waals surface area contributed by atoms with E-state index < -0.39 is 23.7 Å². The molecule has 0 unspecified atom stereocenters. The minimum Gasteiger partial charge on any atom is -0.493 e. The van der Waals surface area contributed by atoms with Gasteiger partial charge in [-0.1, -0.05) is 37.1 Å². The average Bonchev–Trinajstić information content (AvgIpc) is 3.06. The van der Waals surface area contributed by atoms with Gasteiger partial charge in [0.15, 0.2) is 11.5 Å². The van der Waals surface area contributed by atoms with Gasteiger partial charge in [0.05, 0.1) is 23.1 Å². The van der Waals surface area contributed by atoms with E-state index in [0.29, 0.717) is 33.2 Å². The zero-order valence-corrected chi connectivity index (χ0v) is 21.8. The fraction of sp³-hybridized carbons (Fsp3) is 0.292. The van der Waals surface area contributed by atoms with E-state index in [1.165, 1.54) is 7.11 Å². The molecule has 1 aliphatic rings. The van der Waals surface area contributed by atoms with Crippen LogP contribution in [0.25, 0.3) is 6.08 Å². The molecule has 7 nitrogen and oxygen atoms in total. The van der Waals surface area contributed by atoms with Crippen molar-refractivity contribution in [3.05, 3.63) is 61.9 Å². The van der Waals surface area contributed by atoms with Gasteiger partial charge in [0.25, 0.3) is 11.1 Å². The van der Waals surface area contributed by atoms with Gasteiger partial charge in [-0.2, -0.15) is 0 Å². The molecule has 1 heterocycles. The predicted octanol–water partition coefficient (Wildman–Crippen LogP) is 6.07. The molecule has 0 aliphatic carbocycles. The first kappa shape index (κ1) is 26.1. The first-order valence-electron chi connectivity index (χ1n) is 10.5. The molecule has 3 rings (SSSR count). The molecule has 2 amide bonds. The summed E-state index contributed by atoms with van der Waals surface area (Å²) in [5.41, 5.74) is 1.56. The first-order valence-corrected chi connectivity index (χ1v) is 12.5. The number of nitrogens with zero attached hydrogens (tertiary/aromatic N) is 1. The largest absolute Gasteiger partial charge is 0.493 e. The molecule has 0 spiro atoms. The Morgan fingerprint density at radius 1 is 1.21 bits per heavy atom. The van der Waals surface area contributed by atoms with E-state index >= 15 is 0 Å². The van der Waals surface area contributed by atoms with Crippen molar-refractivity contribution in [1.29, 1.82) is 0 Å². The second kappa shape index (κ2) is 12.3. The molecule has 0 N–H and O–H groups in total. The molecule has 2 aromatic rings. The second-order valence-electron chi connectivity index (χ2n) is 7.29. The Bertz CT molecular complexity index is 1110. The number of hydrogen-bond acceptors (Lipinski definition) is 7. The standard InChI is InChI=1S/C24H23BrClNO6S/c1-3-4-9-32-21(28)13-27-23(29)20(34-24(27)30)12-16-10-18(25)22(19(11-16)31-2)33-14-15-5-7-17(26)8-6-15/h5-8,10-12H,3-4,9,13-14H2,1-2H3/b20-12+. The number of carbonyl (C=O) groups excluding carboxylic acids is 3. The molecule has 0 bridgehead atoms. The fourth-order valence-electron chi connectivity index (χ4n) is 2.99. The highest BCUT2D eigenvalue weighted by Gasteiger charge is 2.36. The van der Waals surface area contributed by atoms with E-state index in [2.05, 4.69) is 15.9 Å². The number of halogens is 2. The Hall–Kier alpha value is -2.49. The molecule has 1 fully saturated rings. The van der Waals surface area contributed by atoms with Crippen LogP contribution in [-0.4, -0.2) is 42.3 Å². The molecule has 1 aliphatic heterocycles. The summed E-state index contributed by atoms with van der Waals surface area (Å²) in [7, 11) is 1.51. The summed E-state index contributed by atoms with van der Waals surface area (Å²) < 4.78 is 17.1. The maximum Gasteiger partial charge on any atom is 0.326 e. The van der Waals surface area contributed by atoms with E-state index in [4.69, 9.17) is 25.8 Å². The minimum absolute atomic E-state index is 0.204. The molecule has 0 aromatic heterocycles. The summed E-state index contributed by atoms with van der Waals surface area (Å²) in [6, 6.07) is 10.8. The molecule has 0 radical (unpaired) electrons. The average molecular weight is 569 g/mol. The fourth-order valence-corrected chi connectivity index (χ4v) is 4.53. The van der Waals surface area contributed by atoms with Gasteiger partial charge in [0.2, 0.25) is 0 Å². The number of hydrogen-bond donors (Lipinski definition) is 0. The zero-order chi connectivity index (χ0) is 24.7. The third kappa shape index (κ3) is 6.77. The lowest BCUT2D eigenvalue weighted by molar-refractivity contribution is -0.146. The van der Waals surface area contributed by atoms with Crippen molar-refractivity contribution in [3.8, 4) is 11.5 Å². The van der Waals surface area contributed by atoms with Crippen LogP contribution in [0.2, 0.25) is 5.02 Å². The Labute approximate surface area is 215 Å². The van der Waals surface area contributed by atoms with Crippen LogP contribution in [0.5, 0.6) is 11.5 Å². The summed E-state index contributed by atoms with van der Waals surface area (Å²) in [4.78, 5) is 38.0. The van der Waals surface area contributed by atoms with E-state index in [-0.39, 0.29) is 11.5 Å². The summed E-state index contributed by atoms with van der Waals surface area (Å²) in [6.07, 6.45) is 3.18. The van der Waals surface area contributed by atoms with Crippen LogP contribution >= 0.6 is 39.3 Å². The molecule has 0 atom stereocenters. The number of imide groups is 1. The number of esters is 1. The van der Waals surface area contributed by atoms with Crippen molar-refractivity contribution in [1.82, 2.24) is 4.90 Å². The molecule has 180 valence electrons. The van der Waals surface area contributed by atoms with E-state index in [1.807, 2.05) is 19.1 Å². The van der Waals surface area contributed by atoms with Crippen LogP contribution < -0.4 is 9.47 Å². The number of unbranched alkanes of at least 4 members (excludes halogenated alkanes) is 1. The zero-order valence-electron chi connectivity index (χ0n) is 18.6. The predicted molar refractivity (Wildman–Crippen MR) is 135 cm³/mol. The Morgan fingerprint density at radius 2 is 1.94 bits per heavy atom. The second-order valence-corrected chi connectivity index (χ2v) is 9.58. The lowest BCUT2D eigenvalue weighted by Gasteiger charge is -2.14. The van der Waals surface area contributed by atoms with Gasteiger partial charge >= 0.3 is 5.97 Å². The third-order valence-electron chi connectivity index (χ3n) is 4.77. The quantitative estimate of drug-likeness (QED) is 0.195. The van der Waals surface area contributed by atoms with Gasteiger partial charge in [-0.05, 0) is 75.6 Å². The SMILES string of the molecule is CCCCOC(=O)CN1C(=O)S/C(=C/c2cc(Br)c(OCc3ccc(Cl)cc3)c(OC)c2)C1=O. The molecule has 34 heavy (non-hydrogen) atoms. The van der Waals surface area contributed by atoms with Crippen LogP contribution in [-0.2, 0) is 20.9 Å². The van der Waals surface area contributed by atoms with Crippen molar-refractivity contribution in [2.45, 2.75) is 26.4 Å². The number of benzene rings is 2. The highest BCUT2D eigenvalue weighted by atomic mass is 79.9. The minimum atomic E-state index is -0.608. The van der Waals surface area contributed by atoms with Crippen LogP contribution in [0.3, 0.4) is 0 Å². The van der Waals surface area contributed by atoms with Crippen molar-refractivity contribution in [3.63, 3.8) is 0 Å². The lowest BCUT2D eigenvalue weighted by Crippen LogP contribution is -2.34. The van der Waals surface area contributed by atoms with Crippen molar-refractivity contribution >= 4 is 62.5 Å². The summed E-state index contributed by atoms with van der Waals surface area (Å²) in [5, 5.41) is 0.127. The maximum absolute atomic E-state index is 12.7. The van der Waals surface area contributed by atoms with Gasteiger partial charge < -0.3 is 14.2 Å². The van der Waals surface area contributed by atoms with Crippen molar-refractivity contribution in [2.24, 2.45) is 0 Å². The van der Waals surface area contributed by atoms with Crippen LogP contribution in [0, 0.1) is 0 Å². The number of ether oxygens (including phenoxy) is 3. The lowest BCUT2D eigenvalue weighted by atomic mass is 10.1. The van der Waals surface area contributed by atoms with Gasteiger partial charge in [-0.3, -0.25) is 19.3 Å². The highest BCUT2D eigenvalue weighted by Crippen LogP contribution is 2.39. The van der Waals surface area contributed by atoms with Crippen molar-refractivity contribution in [2.75, 3.05) is 20.3 Å². The van der Waals surface area contributed by atoms with Crippen LogP contribution in [0.4, 0.5) is 4.79 Å². The molecule has 1 saturated heterocycles. The summed E-state index contributed by atoms with van der Waals surface area (Å²) in [6.45, 7) is 2.14. The normalized spacial score (nSPS) is 14.6. The molecular weight excluding hydrogens is 546 g/mol. The smallest absolute Gasteiger partial charge is 0.326 e. The van der Waals surface area contributed by atoms with Gasteiger partial charge in [-0.25, -0.2) is 0 Å². The Balaban J connectivity index is 1.73. The molecular formula is C24H23BrClNO6S. The monoisotopic (exact) mass is 567 g/mol. The van der Waals surface area contributed by atoms with Crippen LogP contribution in [0.15, 0.2) is 45.8 Å². The molecule has 0 saturated carbocycles. The number of rotatable bonds is 10. The third-order valence-corrected chi connectivity index (χ3v) is 6.52. The van der Waals surface area contributed by atoms with Crippen molar-refractivity contribution < 1.29 is 28.6 Å². The van der Waals surface area contributed by atoms with E-state index in [9.17, 15) is 14.4 Å². The van der Waals surface area contributed by atoms with Gasteiger partial charge in [-0.15, -0.1) is 0 Å². The van der Waals surface area contributed by atoms with Gasteiger partial charge in [0, 0.05) is 5.02 Å². The Kier molecular flexibility index (Phi) is 9.44. The molecule has 2 aromatic carbocycles.